The molecule has 4 aliphatic carbocycles. The molecule has 6 rings (SSSR count). The highest BCUT2D eigenvalue weighted by Crippen LogP contribution is 2.76. The average Bonchev–Trinajstić information content (AvgIpc) is 3.21. The topological polar surface area (TPSA) is 79.2 Å². The van der Waals surface area contributed by atoms with Crippen molar-refractivity contribution in [2.45, 2.75) is 135 Å². The van der Waals surface area contributed by atoms with Gasteiger partial charge in [0.15, 0.2) is 5.79 Å². The van der Waals surface area contributed by atoms with Gasteiger partial charge in [0.25, 0.3) is 0 Å². The van der Waals surface area contributed by atoms with Crippen LogP contribution in [0.1, 0.15) is 99.8 Å². The molecule has 5 nitrogen and oxygen atoms in total. The SMILES string of the molecule is C[C@H]1C[C@@]2(O[C@H]3C[C@H]4[C@]5(C)CC[C@H]6C[C@H](O)CC[C@]6(C)[C@H]5[C@@H](O)C[C@]4(C)[C@H]3[C@@]2(C)O)OC1(C)C. The van der Waals surface area contributed by atoms with E-state index in [4.69, 9.17) is 9.47 Å². The van der Waals surface area contributed by atoms with Gasteiger partial charge in [0.05, 0.1) is 23.9 Å². The second kappa shape index (κ2) is 6.81. The summed E-state index contributed by atoms with van der Waals surface area (Å²) in [5.41, 5.74) is -1.53. The van der Waals surface area contributed by atoms with Crippen LogP contribution in [0.5, 0.6) is 0 Å². The van der Waals surface area contributed by atoms with Gasteiger partial charge in [-0.1, -0.05) is 27.7 Å². The molecule has 0 aromatic carbocycles. The number of ether oxygens (including phenoxy) is 2. The van der Waals surface area contributed by atoms with Crippen molar-refractivity contribution in [3.05, 3.63) is 0 Å². The normalized spacial score (nSPS) is 64.4. The summed E-state index contributed by atoms with van der Waals surface area (Å²) in [6.45, 7) is 15.6. The van der Waals surface area contributed by atoms with E-state index < -0.39 is 11.4 Å². The first-order chi connectivity index (χ1) is 15.6. The zero-order valence-electron chi connectivity index (χ0n) is 22.4. The van der Waals surface area contributed by atoms with E-state index in [2.05, 4.69) is 41.5 Å². The molecule has 0 aromatic rings. The largest absolute Gasteiger partial charge is 0.393 e. The van der Waals surface area contributed by atoms with Crippen LogP contribution in [0.3, 0.4) is 0 Å². The summed E-state index contributed by atoms with van der Waals surface area (Å²) in [7, 11) is 0. The quantitative estimate of drug-likeness (QED) is 0.474. The molecule has 2 heterocycles. The Hall–Kier alpha value is -0.200. The molecule has 0 bridgehead atoms. The molecular weight excluding hydrogens is 428 g/mol. The van der Waals surface area contributed by atoms with Gasteiger partial charge in [0.2, 0.25) is 0 Å². The Bertz CT molecular complexity index is 871. The predicted octanol–water partition coefficient (Wildman–Crippen LogP) is 4.66. The van der Waals surface area contributed by atoms with Gasteiger partial charge in [-0.25, -0.2) is 0 Å². The molecule has 3 N–H and O–H groups in total. The van der Waals surface area contributed by atoms with Crippen molar-refractivity contribution in [2.75, 3.05) is 0 Å². The summed E-state index contributed by atoms with van der Waals surface area (Å²) >= 11 is 0. The van der Waals surface area contributed by atoms with E-state index >= 15 is 0 Å². The van der Waals surface area contributed by atoms with Crippen molar-refractivity contribution < 1.29 is 24.8 Å². The molecule has 4 saturated carbocycles. The van der Waals surface area contributed by atoms with Crippen LogP contribution in [0, 0.1) is 45.8 Å². The van der Waals surface area contributed by atoms with Gasteiger partial charge < -0.3 is 24.8 Å². The second-order valence-corrected chi connectivity index (χ2v) is 15.1. The zero-order chi connectivity index (χ0) is 24.7. The maximum absolute atomic E-state index is 12.2. The number of aliphatic hydroxyl groups excluding tert-OH is 2. The molecule has 2 saturated heterocycles. The minimum Gasteiger partial charge on any atom is -0.393 e. The molecule has 6 fully saturated rings. The fraction of sp³-hybridized carbons (Fsp3) is 1.00. The lowest BCUT2D eigenvalue weighted by Crippen LogP contribution is -2.65. The van der Waals surface area contributed by atoms with Crippen LogP contribution in [0.15, 0.2) is 0 Å². The van der Waals surface area contributed by atoms with Crippen LogP contribution in [0.2, 0.25) is 0 Å². The Morgan fingerprint density at radius 3 is 2.12 bits per heavy atom. The Morgan fingerprint density at radius 2 is 1.47 bits per heavy atom. The smallest absolute Gasteiger partial charge is 0.198 e. The summed E-state index contributed by atoms with van der Waals surface area (Å²) in [6, 6.07) is 0. The fourth-order valence-electron chi connectivity index (χ4n) is 11.4. The summed E-state index contributed by atoms with van der Waals surface area (Å²) < 4.78 is 13.4. The first-order valence-electron chi connectivity index (χ1n) is 14.1. The van der Waals surface area contributed by atoms with Crippen molar-refractivity contribution in [2.24, 2.45) is 45.8 Å². The Morgan fingerprint density at radius 1 is 0.794 bits per heavy atom. The first kappa shape index (κ1) is 24.2. The van der Waals surface area contributed by atoms with Crippen LogP contribution in [-0.4, -0.2) is 50.6 Å². The molecule has 0 aromatic heterocycles. The molecule has 0 unspecified atom stereocenters. The van der Waals surface area contributed by atoms with Gasteiger partial charge in [-0.15, -0.1) is 0 Å². The molecule has 0 amide bonds. The minimum atomic E-state index is -1.10. The van der Waals surface area contributed by atoms with Crippen molar-refractivity contribution in [3.8, 4) is 0 Å². The van der Waals surface area contributed by atoms with E-state index in [0.717, 1.165) is 44.9 Å². The Labute approximate surface area is 206 Å². The molecule has 194 valence electrons. The van der Waals surface area contributed by atoms with Gasteiger partial charge in [0.1, 0.15) is 5.60 Å². The number of aliphatic hydroxyl groups is 3. The minimum absolute atomic E-state index is 0.0139. The lowest BCUT2D eigenvalue weighted by molar-refractivity contribution is -0.303. The molecule has 2 aliphatic heterocycles. The van der Waals surface area contributed by atoms with E-state index in [9.17, 15) is 15.3 Å². The van der Waals surface area contributed by atoms with Gasteiger partial charge in [-0.2, -0.15) is 0 Å². The van der Waals surface area contributed by atoms with Gasteiger partial charge in [0, 0.05) is 12.3 Å². The summed E-state index contributed by atoms with van der Waals surface area (Å²) in [4.78, 5) is 0. The van der Waals surface area contributed by atoms with Crippen LogP contribution in [0.4, 0.5) is 0 Å². The fourth-order valence-corrected chi connectivity index (χ4v) is 11.4. The van der Waals surface area contributed by atoms with E-state index in [1.54, 1.807) is 0 Å². The average molecular weight is 477 g/mol. The van der Waals surface area contributed by atoms with Crippen LogP contribution in [0.25, 0.3) is 0 Å². The van der Waals surface area contributed by atoms with Crippen LogP contribution in [-0.2, 0) is 9.47 Å². The molecule has 0 radical (unpaired) electrons. The third kappa shape index (κ3) is 2.69. The lowest BCUT2D eigenvalue weighted by Gasteiger charge is -2.67. The Kier molecular flexibility index (Phi) is 4.84. The third-order valence-electron chi connectivity index (χ3n) is 13.0. The van der Waals surface area contributed by atoms with E-state index in [1.165, 1.54) is 0 Å². The van der Waals surface area contributed by atoms with Crippen molar-refractivity contribution >= 4 is 0 Å². The molecular formula is C29H48O5. The highest BCUT2D eigenvalue weighted by atomic mass is 16.7. The number of rotatable bonds is 0. The highest BCUT2D eigenvalue weighted by molar-refractivity contribution is 5.24. The zero-order valence-corrected chi connectivity index (χ0v) is 22.4. The van der Waals surface area contributed by atoms with Crippen molar-refractivity contribution in [3.63, 3.8) is 0 Å². The van der Waals surface area contributed by atoms with Crippen LogP contribution < -0.4 is 0 Å². The van der Waals surface area contributed by atoms with E-state index in [1.807, 2.05) is 6.92 Å². The first-order valence-corrected chi connectivity index (χ1v) is 14.1. The lowest BCUT2D eigenvalue weighted by atomic mass is 9.38. The maximum atomic E-state index is 12.2. The standard InChI is InChI=1S/C29H48O5/c1-16-14-29(34-24(16,2)3)28(7,32)23-20(33-29)13-21-26(5)10-8-17-12-18(30)9-11-25(17,4)22(26)19(31)15-27(21,23)6/h16-23,30-32H,8-15H2,1-7H3/t16-,17-,18+,19-,20-,21-,22+,23-,25-,26-,27-,28+,29+/m0/s1. The monoisotopic (exact) mass is 476 g/mol. The van der Waals surface area contributed by atoms with Gasteiger partial charge in [-0.05, 0) is 106 Å². The summed E-state index contributed by atoms with van der Waals surface area (Å²) in [5.74, 6) is 0.444. The Balaban J connectivity index is 1.37. The molecule has 34 heavy (non-hydrogen) atoms. The van der Waals surface area contributed by atoms with Crippen LogP contribution >= 0.6 is 0 Å². The summed E-state index contributed by atoms with van der Waals surface area (Å²) in [5, 5.41) is 34.5. The number of hydrogen-bond acceptors (Lipinski definition) is 5. The summed E-state index contributed by atoms with van der Waals surface area (Å²) in [6.07, 6.45) is 6.74. The van der Waals surface area contributed by atoms with Crippen molar-refractivity contribution in [1.82, 2.24) is 0 Å². The highest BCUT2D eigenvalue weighted by Gasteiger charge is 2.78. The van der Waals surface area contributed by atoms with Gasteiger partial charge >= 0.3 is 0 Å². The molecule has 1 spiro atoms. The van der Waals surface area contributed by atoms with E-state index in [-0.39, 0.29) is 52.0 Å². The number of hydrogen-bond donors (Lipinski definition) is 3. The van der Waals surface area contributed by atoms with Crippen molar-refractivity contribution in [1.29, 1.82) is 0 Å². The maximum Gasteiger partial charge on any atom is 0.198 e. The molecule has 5 heteroatoms. The number of fused-ring (bicyclic) bond motifs is 7. The predicted molar refractivity (Wildman–Crippen MR) is 130 cm³/mol. The second-order valence-electron chi connectivity index (χ2n) is 15.1. The third-order valence-corrected chi connectivity index (χ3v) is 13.0. The molecule has 13 atom stereocenters. The van der Waals surface area contributed by atoms with Gasteiger partial charge in [-0.3, -0.25) is 0 Å². The van der Waals surface area contributed by atoms with E-state index in [0.29, 0.717) is 24.2 Å². The molecule has 6 aliphatic rings.